The van der Waals surface area contributed by atoms with Gasteiger partial charge in [-0.3, -0.25) is 4.68 Å². The first-order valence-electron chi connectivity index (χ1n) is 7.57. The average Bonchev–Trinajstić information content (AvgIpc) is 3.06. The Kier molecular flexibility index (Phi) is 4.29. The molecule has 1 aliphatic rings. The summed E-state index contributed by atoms with van der Waals surface area (Å²) in [6, 6.07) is 5.12. The summed E-state index contributed by atoms with van der Waals surface area (Å²) in [5, 5.41) is 14.2. The van der Waals surface area contributed by atoms with E-state index in [1.165, 1.54) is 12.8 Å². The molecule has 1 aromatic heterocycles. The van der Waals surface area contributed by atoms with Crippen molar-refractivity contribution < 1.29 is 0 Å². The highest BCUT2D eigenvalue weighted by Gasteiger charge is 2.39. The first-order chi connectivity index (χ1) is 9.12. The predicted octanol–water partition coefficient (Wildman–Crippen LogP) is 4.12. The summed E-state index contributed by atoms with van der Waals surface area (Å²) < 4.78 is 2.03. The number of nitrogens with zero attached hydrogens (tertiary/aromatic N) is 3. The second-order valence-electron chi connectivity index (χ2n) is 6.13. The lowest BCUT2D eigenvalue weighted by molar-refractivity contribution is 0.372. The lowest BCUT2D eigenvalue weighted by atomic mass is 9.82. The topological polar surface area (TPSA) is 41.6 Å². The van der Waals surface area contributed by atoms with Gasteiger partial charge in [0.05, 0.1) is 17.2 Å². The van der Waals surface area contributed by atoms with Crippen LogP contribution in [0.2, 0.25) is 0 Å². The summed E-state index contributed by atoms with van der Waals surface area (Å²) in [4.78, 5) is 0. The predicted molar refractivity (Wildman–Crippen MR) is 76.6 cm³/mol. The van der Waals surface area contributed by atoms with E-state index in [1.807, 2.05) is 4.68 Å². The van der Waals surface area contributed by atoms with E-state index in [0.717, 1.165) is 37.3 Å². The van der Waals surface area contributed by atoms with Crippen LogP contribution in [0.15, 0.2) is 12.3 Å². The average molecular weight is 259 g/mol. The number of aromatic nitrogens is 2. The molecule has 0 N–H and O–H groups in total. The van der Waals surface area contributed by atoms with Crippen LogP contribution in [0, 0.1) is 22.7 Å². The molecule has 0 saturated heterocycles. The number of hydrogen-bond acceptors (Lipinski definition) is 2. The van der Waals surface area contributed by atoms with Gasteiger partial charge in [-0.1, -0.05) is 20.3 Å². The fraction of sp³-hybridized carbons (Fsp3) is 0.750. The van der Waals surface area contributed by atoms with Gasteiger partial charge in [-0.25, -0.2) is 0 Å². The van der Waals surface area contributed by atoms with Crippen molar-refractivity contribution in [3.05, 3.63) is 18.0 Å². The van der Waals surface area contributed by atoms with Gasteiger partial charge in [0.25, 0.3) is 0 Å². The minimum atomic E-state index is -0.157. The van der Waals surface area contributed by atoms with Gasteiger partial charge in [-0.05, 0) is 44.6 Å². The second-order valence-corrected chi connectivity index (χ2v) is 6.13. The van der Waals surface area contributed by atoms with E-state index in [-0.39, 0.29) is 5.41 Å². The highest BCUT2D eigenvalue weighted by Crippen LogP contribution is 2.44. The van der Waals surface area contributed by atoms with Crippen LogP contribution in [0.1, 0.15) is 64.6 Å². The van der Waals surface area contributed by atoms with Crippen LogP contribution >= 0.6 is 0 Å². The zero-order valence-corrected chi connectivity index (χ0v) is 12.4. The van der Waals surface area contributed by atoms with Crippen LogP contribution in [0.25, 0.3) is 0 Å². The minimum Gasteiger partial charge on any atom is -0.270 e. The van der Waals surface area contributed by atoms with Gasteiger partial charge in [0.1, 0.15) is 0 Å². The quantitative estimate of drug-likeness (QED) is 0.798. The Hall–Kier alpha value is -1.30. The van der Waals surface area contributed by atoms with Crippen LogP contribution in [-0.4, -0.2) is 9.78 Å². The molecule has 1 aromatic rings. The minimum absolute atomic E-state index is 0.157. The van der Waals surface area contributed by atoms with Gasteiger partial charge in [0.2, 0.25) is 0 Å². The Morgan fingerprint density at radius 2 is 2.37 bits per heavy atom. The molecule has 3 nitrogen and oxygen atoms in total. The van der Waals surface area contributed by atoms with Crippen molar-refractivity contribution in [1.29, 1.82) is 5.26 Å². The zero-order chi connectivity index (χ0) is 13.9. The Balaban J connectivity index is 2.07. The molecular formula is C16H25N3. The van der Waals surface area contributed by atoms with Gasteiger partial charge >= 0.3 is 0 Å². The van der Waals surface area contributed by atoms with Crippen molar-refractivity contribution in [1.82, 2.24) is 9.78 Å². The van der Waals surface area contributed by atoms with Crippen LogP contribution in [0.5, 0.6) is 0 Å². The fourth-order valence-corrected chi connectivity index (χ4v) is 3.14. The molecule has 19 heavy (non-hydrogen) atoms. The van der Waals surface area contributed by atoms with Crippen LogP contribution in [0.4, 0.5) is 0 Å². The molecule has 0 amide bonds. The van der Waals surface area contributed by atoms with Crippen molar-refractivity contribution in [2.75, 3.05) is 0 Å². The maximum Gasteiger partial charge on any atom is 0.0693 e. The lowest BCUT2D eigenvalue weighted by Crippen LogP contribution is -2.18. The Labute approximate surface area is 116 Å². The molecule has 2 rings (SSSR count). The zero-order valence-electron chi connectivity index (χ0n) is 12.4. The monoisotopic (exact) mass is 259 g/mol. The number of rotatable bonds is 5. The van der Waals surface area contributed by atoms with E-state index < -0.39 is 0 Å². The van der Waals surface area contributed by atoms with Gasteiger partial charge < -0.3 is 0 Å². The standard InChI is InChI=1S/C16H25N3/c1-4-13(3)19-9-7-15(18-19)11-16(12-17)8-6-14(5-2)10-16/h7,9,13-14H,4-6,8,10-11H2,1-3H3. The van der Waals surface area contributed by atoms with Gasteiger partial charge in [-0.15, -0.1) is 0 Å². The van der Waals surface area contributed by atoms with Crippen LogP contribution < -0.4 is 0 Å². The number of hydrogen-bond donors (Lipinski definition) is 0. The summed E-state index contributed by atoms with van der Waals surface area (Å²) >= 11 is 0. The van der Waals surface area contributed by atoms with E-state index in [1.54, 1.807) is 0 Å². The molecule has 3 heteroatoms. The summed E-state index contributed by atoms with van der Waals surface area (Å²) in [5.74, 6) is 0.733. The highest BCUT2D eigenvalue weighted by molar-refractivity contribution is 5.13. The van der Waals surface area contributed by atoms with E-state index in [4.69, 9.17) is 0 Å². The molecule has 3 atom stereocenters. The van der Waals surface area contributed by atoms with Gasteiger partial charge in [-0.2, -0.15) is 10.4 Å². The molecule has 0 radical (unpaired) electrons. The van der Waals surface area contributed by atoms with E-state index >= 15 is 0 Å². The molecule has 3 unspecified atom stereocenters. The summed E-state index contributed by atoms with van der Waals surface area (Å²) in [6.45, 7) is 6.58. The molecule has 0 aliphatic heterocycles. The smallest absolute Gasteiger partial charge is 0.0693 e. The molecule has 0 bridgehead atoms. The van der Waals surface area contributed by atoms with Gasteiger partial charge in [0, 0.05) is 18.7 Å². The maximum absolute atomic E-state index is 9.57. The fourth-order valence-electron chi connectivity index (χ4n) is 3.14. The van der Waals surface area contributed by atoms with Crippen molar-refractivity contribution in [3.63, 3.8) is 0 Å². The summed E-state index contributed by atoms with van der Waals surface area (Å²) in [7, 11) is 0. The van der Waals surface area contributed by atoms with Crippen molar-refractivity contribution in [2.24, 2.45) is 11.3 Å². The van der Waals surface area contributed by atoms with Gasteiger partial charge in [0.15, 0.2) is 0 Å². The Bertz CT molecular complexity index is 457. The maximum atomic E-state index is 9.57. The molecular weight excluding hydrogens is 234 g/mol. The van der Waals surface area contributed by atoms with E-state index in [0.29, 0.717) is 6.04 Å². The van der Waals surface area contributed by atoms with E-state index in [2.05, 4.69) is 44.2 Å². The first kappa shape index (κ1) is 14.1. The van der Waals surface area contributed by atoms with Crippen molar-refractivity contribution in [2.45, 2.75) is 65.3 Å². The van der Waals surface area contributed by atoms with Crippen LogP contribution in [0.3, 0.4) is 0 Å². The van der Waals surface area contributed by atoms with Crippen molar-refractivity contribution in [3.8, 4) is 6.07 Å². The highest BCUT2D eigenvalue weighted by atomic mass is 15.3. The third-order valence-electron chi connectivity index (χ3n) is 4.75. The third-order valence-corrected chi connectivity index (χ3v) is 4.75. The third kappa shape index (κ3) is 3.00. The van der Waals surface area contributed by atoms with Crippen LogP contribution in [-0.2, 0) is 6.42 Å². The lowest BCUT2D eigenvalue weighted by Gasteiger charge is -2.19. The number of nitriles is 1. The molecule has 0 aromatic carbocycles. The normalized spacial score (nSPS) is 28.2. The second kappa shape index (κ2) is 5.77. The Morgan fingerprint density at radius 1 is 1.58 bits per heavy atom. The Morgan fingerprint density at radius 3 is 2.95 bits per heavy atom. The van der Waals surface area contributed by atoms with E-state index in [9.17, 15) is 5.26 Å². The molecule has 0 spiro atoms. The molecule has 1 aliphatic carbocycles. The summed E-state index contributed by atoms with van der Waals surface area (Å²) in [6.07, 6.45) is 8.46. The molecule has 1 fully saturated rings. The SMILES string of the molecule is CCC1CCC(C#N)(Cc2ccn(C(C)CC)n2)C1. The summed E-state index contributed by atoms with van der Waals surface area (Å²) in [5.41, 5.74) is 0.925. The molecule has 104 valence electrons. The molecule has 1 heterocycles. The van der Waals surface area contributed by atoms with Crippen molar-refractivity contribution >= 4 is 0 Å². The molecule has 1 saturated carbocycles. The largest absolute Gasteiger partial charge is 0.270 e. The first-order valence-corrected chi connectivity index (χ1v) is 7.57.